The molecule has 0 saturated heterocycles. The number of hydrogen-bond donors (Lipinski definition) is 1. The Kier molecular flexibility index (Phi) is 2.77. The Labute approximate surface area is 97.3 Å². The highest BCUT2D eigenvalue weighted by atomic mass is 79.9. The van der Waals surface area contributed by atoms with Gasteiger partial charge in [-0.25, -0.2) is 4.98 Å². The molecule has 78 valence electrons. The van der Waals surface area contributed by atoms with Crippen molar-refractivity contribution in [2.45, 2.75) is 6.92 Å². The third-order valence-corrected chi connectivity index (χ3v) is 3.13. The third-order valence-electron chi connectivity index (χ3n) is 2.24. The van der Waals surface area contributed by atoms with Gasteiger partial charge in [-0.15, -0.1) is 0 Å². The van der Waals surface area contributed by atoms with Gasteiger partial charge >= 0.3 is 0 Å². The number of aryl methyl sites for hydroxylation is 2. The van der Waals surface area contributed by atoms with Crippen LogP contribution in [-0.4, -0.2) is 9.55 Å². The highest BCUT2D eigenvalue weighted by Crippen LogP contribution is 2.21. The second kappa shape index (κ2) is 4.06. The molecule has 0 atom stereocenters. The van der Waals surface area contributed by atoms with Crippen LogP contribution in [-0.2, 0) is 7.05 Å². The zero-order valence-corrected chi connectivity index (χ0v) is 10.2. The highest BCUT2D eigenvalue weighted by molar-refractivity contribution is 9.10. The van der Waals surface area contributed by atoms with Crippen molar-refractivity contribution in [1.82, 2.24) is 9.55 Å². The van der Waals surface area contributed by atoms with Crippen molar-refractivity contribution in [3.63, 3.8) is 0 Å². The molecule has 1 heterocycles. The van der Waals surface area contributed by atoms with Crippen LogP contribution in [0.25, 0.3) is 0 Å². The first-order valence-corrected chi connectivity index (χ1v) is 5.46. The van der Waals surface area contributed by atoms with E-state index in [1.54, 1.807) is 6.20 Å². The van der Waals surface area contributed by atoms with Gasteiger partial charge in [-0.2, -0.15) is 0 Å². The average molecular weight is 266 g/mol. The van der Waals surface area contributed by atoms with E-state index in [1.165, 1.54) is 5.56 Å². The Morgan fingerprint density at radius 1 is 1.40 bits per heavy atom. The van der Waals surface area contributed by atoms with Gasteiger partial charge in [0, 0.05) is 29.6 Å². The Morgan fingerprint density at radius 3 is 2.80 bits per heavy atom. The molecule has 0 fully saturated rings. The zero-order chi connectivity index (χ0) is 10.8. The molecule has 0 aliphatic rings. The van der Waals surface area contributed by atoms with Gasteiger partial charge in [-0.1, -0.05) is 15.9 Å². The SMILES string of the molecule is Cc1cc(Nc2nccn2C)ccc1Br. The topological polar surface area (TPSA) is 29.9 Å². The molecule has 0 amide bonds. The standard InChI is InChI=1S/C11H12BrN3/c1-8-7-9(3-4-10(8)12)14-11-13-5-6-15(11)2/h3-7H,1-2H3,(H,13,14). The normalized spacial score (nSPS) is 10.3. The van der Waals surface area contributed by atoms with E-state index in [0.29, 0.717) is 0 Å². The number of rotatable bonds is 2. The maximum absolute atomic E-state index is 4.20. The number of nitrogens with one attached hydrogen (secondary N) is 1. The fourth-order valence-electron chi connectivity index (χ4n) is 1.34. The van der Waals surface area contributed by atoms with Crippen LogP contribution in [0.15, 0.2) is 35.1 Å². The van der Waals surface area contributed by atoms with Crippen LogP contribution in [0.2, 0.25) is 0 Å². The molecule has 0 aliphatic heterocycles. The van der Waals surface area contributed by atoms with E-state index < -0.39 is 0 Å². The Bertz CT molecular complexity index is 476. The van der Waals surface area contributed by atoms with Gasteiger partial charge in [-0.3, -0.25) is 0 Å². The smallest absolute Gasteiger partial charge is 0.207 e. The second-order valence-electron chi connectivity index (χ2n) is 3.45. The Balaban J connectivity index is 2.25. The van der Waals surface area contributed by atoms with Crippen LogP contribution in [0, 0.1) is 6.92 Å². The first-order chi connectivity index (χ1) is 7.16. The van der Waals surface area contributed by atoms with Gasteiger partial charge in [0.2, 0.25) is 5.95 Å². The molecule has 1 aromatic heterocycles. The summed E-state index contributed by atoms with van der Waals surface area (Å²) >= 11 is 3.47. The first-order valence-electron chi connectivity index (χ1n) is 4.67. The van der Waals surface area contributed by atoms with E-state index in [4.69, 9.17) is 0 Å². The Hall–Kier alpha value is -1.29. The summed E-state index contributed by atoms with van der Waals surface area (Å²) in [7, 11) is 1.96. The molecule has 3 nitrogen and oxygen atoms in total. The van der Waals surface area contributed by atoms with Crippen molar-refractivity contribution in [2.75, 3.05) is 5.32 Å². The second-order valence-corrected chi connectivity index (χ2v) is 4.31. The lowest BCUT2D eigenvalue weighted by Crippen LogP contribution is -1.98. The monoisotopic (exact) mass is 265 g/mol. The molecule has 0 unspecified atom stereocenters. The van der Waals surface area contributed by atoms with Crippen LogP contribution in [0.3, 0.4) is 0 Å². The van der Waals surface area contributed by atoms with Crippen LogP contribution in [0.5, 0.6) is 0 Å². The molecule has 1 N–H and O–H groups in total. The fourth-order valence-corrected chi connectivity index (χ4v) is 1.58. The number of nitrogens with zero attached hydrogens (tertiary/aromatic N) is 2. The number of imidazole rings is 1. The van der Waals surface area contributed by atoms with E-state index in [0.717, 1.165) is 16.1 Å². The van der Waals surface area contributed by atoms with Crippen LogP contribution in [0.4, 0.5) is 11.6 Å². The fraction of sp³-hybridized carbons (Fsp3) is 0.182. The van der Waals surface area contributed by atoms with Gasteiger partial charge in [0.15, 0.2) is 0 Å². The number of anilines is 2. The van der Waals surface area contributed by atoms with Crippen molar-refractivity contribution in [3.8, 4) is 0 Å². The Morgan fingerprint density at radius 2 is 2.20 bits per heavy atom. The van der Waals surface area contributed by atoms with E-state index in [2.05, 4.69) is 39.2 Å². The van der Waals surface area contributed by atoms with Gasteiger partial charge in [-0.05, 0) is 30.7 Å². The molecule has 2 aromatic rings. The van der Waals surface area contributed by atoms with Gasteiger partial charge < -0.3 is 9.88 Å². The van der Waals surface area contributed by atoms with E-state index >= 15 is 0 Å². The van der Waals surface area contributed by atoms with Crippen molar-refractivity contribution in [2.24, 2.45) is 7.05 Å². The number of aromatic nitrogens is 2. The average Bonchev–Trinajstić information content (AvgIpc) is 2.59. The summed E-state index contributed by atoms with van der Waals surface area (Å²) in [6.07, 6.45) is 3.68. The molecule has 1 aromatic carbocycles. The molecule has 0 spiro atoms. The van der Waals surface area contributed by atoms with E-state index in [9.17, 15) is 0 Å². The summed E-state index contributed by atoms with van der Waals surface area (Å²) < 4.78 is 3.06. The predicted octanol–water partition coefficient (Wildman–Crippen LogP) is 3.23. The highest BCUT2D eigenvalue weighted by Gasteiger charge is 2.01. The molecule has 15 heavy (non-hydrogen) atoms. The van der Waals surface area contributed by atoms with Gasteiger partial charge in [0.1, 0.15) is 0 Å². The molecule has 4 heteroatoms. The largest absolute Gasteiger partial charge is 0.326 e. The molecule has 0 bridgehead atoms. The molecule has 0 radical (unpaired) electrons. The summed E-state index contributed by atoms with van der Waals surface area (Å²) in [4.78, 5) is 4.20. The zero-order valence-electron chi connectivity index (χ0n) is 8.66. The van der Waals surface area contributed by atoms with Crippen LogP contribution >= 0.6 is 15.9 Å². The minimum absolute atomic E-state index is 0.844. The van der Waals surface area contributed by atoms with Crippen LogP contribution < -0.4 is 5.32 Å². The number of benzene rings is 1. The third kappa shape index (κ3) is 2.21. The van der Waals surface area contributed by atoms with E-state index in [-0.39, 0.29) is 0 Å². The lowest BCUT2D eigenvalue weighted by atomic mass is 10.2. The molecule has 0 aliphatic carbocycles. The minimum Gasteiger partial charge on any atom is -0.326 e. The summed E-state index contributed by atoms with van der Waals surface area (Å²) in [6.45, 7) is 2.06. The maximum atomic E-state index is 4.20. The first kappa shape index (κ1) is 10.2. The van der Waals surface area contributed by atoms with Gasteiger partial charge in [0.05, 0.1) is 0 Å². The summed E-state index contributed by atoms with van der Waals surface area (Å²) in [6, 6.07) is 6.13. The quantitative estimate of drug-likeness (QED) is 0.904. The summed E-state index contributed by atoms with van der Waals surface area (Å²) in [5.74, 6) is 0.844. The molecule has 2 rings (SSSR count). The van der Waals surface area contributed by atoms with Crippen molar-refractivity contribution in [1.29, 1.82) is 0 Å². The van der Waals surface area contributed by atoms with Crippen molar-refractivity contribution >= 4 is 27.6 Å². The minimum atomic E-state index is 0.844. The van der Waals surface area contributed by atoms with E-state index in [1.807, 2.05) is 29.9 Å². The molecular weight excluding hydrogens is 254 g/mol. The summed E-state index contributed by atoms with van der Waals surface area (Å²) in [5, 5.41) is 3.25. The van der Waals surface area contributed by atoms with Crippen molar-refractivity contribution < 1.29 is 0 Å². The molecular formula is C11H12BrN3. The number of hydrogen-bond acceptors (Lipinski definition) is 2. The summed E-state index contributed by atoms with van der Waals surface area (Å²) in [5.41, 5.74) is 2.25. The van der Waals surface area contributed by atoms with Crippen molar-refractivity contribution in [3.05, 3.63) is 40.6 Å². The lowest BCUT2D eigenvalue weighted by molar-refractivity contribution is 0.924. The lowest BCUT2D eigenvalue weighted by Gasteiger charge is -2.07. The molecule has 0 saturated carbocycles. The van der Waals surface area contributed by atoms with Gasteiger partial charge in [0.25, 0.3) is 0 Å². The maximum Gasteiger partial charge on any atom is 0.207 e. The predicted molar refractivity (Wildman–Crippen MR) is 65.4 cm³/mol. The van der Waals surface area contributed by atoms with Crippen LogP contribution in [0.1, 0.15) is 5.56 Å². The number of halogens is 1.